The monoisotopic (exact) mass is 304 g/mol. The van der Waals surface area contributed by atoms with E-state index in [0.717, 1.165) is 44.2 Å². The van der Waals surface area contributed by atoms with E-state index in [2.05, 4.69) is 9.80 Å². The first-order valence-corrected chi connectivity index (χ1v) is 8.53. The van der Waals surface area contributed by atoms with E-state index in [1.165, 1.54) is 25.3 Å². The molecule has 0 amide bonds. The third-order valence-corrected chi connectivity index (χ3v) is 6.14. The van der Waals surface area contributed by atoms with Gasteiger partial charge in [0.15, 0.2) is 0 Å². The SMILES string of the molecule is COC1CN(c2cccc(F)c2)C12CCN(C1CCC1)CC2. The fourth-order valence-corrected chi connectivity index (χ4v) is 4.50. The third-order valence-electron chi connectivity index (χ3n) is 6.14. The quantitative estimate of drug-likeness (QED) is 0.853. The van der Waals surface area contributed by atoms with Crippen LogP contribution in [0.1, 0.15) is 32.1 Å². The standard InChI is InChI=1S/C18H25FN2O/c1-22-17-13-21(16-7-2-4-14(19)12-16)18(17)8-10-20(11-9-18)15-5-3-6-15/h2,4,7,12,15,17H,3,5-6,8-11,13H2,1H3. The molecule has 120 valence electrons. The highest BCUT2D eigenvalue weighted by Crippen LogP contribution is 2.45. The molecule has 1 unspecified atom stereocenters. The molecule has 0 bridgehead atoms. The normalized spacial score (nSPS) is 28.5. The number of benzene rings is 1. The lowest BCUT2D eigenvalue weighted by Gasteiger charge is -2.62. The predicted molar refractivity (Wildman–Crippen MR) is 85.7 cm³/mol. The zero-order chi connectivity index (χ0) is 15.2. The van der Waals surface area contributed by atoms with Crippen LogP contribution in [-0.2, 0) is 4.74 Å². The van der Waals surface area contributed by atoms with Crippen molar-refractivity contribution in [3.8, 4) is 0 Å². The molecule has 22 heavy (non-hydrogen) atoms. The van der Waals surface area contributed by atoms with E-state index in [1.807, 2.05) is 19.2 Å². The molecule has 0 aromatic heterocycles. The maximum atomic E-state index is 13.6. The molecule has 2 heterocycles. The molecule has 1 spiro atoms. The van der Waals surface area contributed by atoms with Gasteiger partial charge in [0.25, 0.3) is 0 Å². The first kappa shape index (κ1) is 14.5. The lowest BCUT2D eigenvalue weighted by atomic mass is 9.72. The zero-order valence-corrected chi connectivity index (χ0v) is 13.3. The highest BCUT2D eigenvalue weighted by molar-refractivity contribution is 5.54. The van der Waals surface area contributed by atoms with Gasteiger partial charge in [-0.1, -0.05) is 12.5 Å². The van der Waals surface area contributed by atoms with Crippen LogP contribution in [0.3, 0.4) is 0 Å². The second kappa shape index (κ2) is 5.50. The van der Waals surface area contributed by atoms with Crippen molar-refractivity contribution in [3.63, 3.8) is 0 Å². The van der Waals surface area contributed by atoms with Gasteiger partial charge in [-0.15, -0.1) is 0 Å². The van der Waals surface area contributed by atoms with Crippen LogP contribution in [0.5, 0.6) is 0 Å². The molecular formula is C18H25FN2O. The number of ether oxygens (including phenoxy) is 1. The lowest BCUT2D eigenvalue weighted by molar-refractivity contribution is -0.0560. The molecule has 1 aromatic carbocycles. The number of methoxy groups -OCH3 is 1. The Bertz CT molecular complexity index is 538. The van der Waals surface area contributed by atoms with Gasteiger partial charge < -0.3 is 14.5 Å². The Labute approximate surface area is 132 Å². The number of likely N-dealkylation sites (tertiary alicyclic amines) is 1. The first-order valence-electron chi connectivity index (χ1n) is 8.53. The molecule has 4 heteroatoms. The number of nitrogens with zero attached hydrogens (tertiary/aromatic N) is 2. The fraction of sp³-hybridized carbons (Fsp3) is 0.667. The molecule has 3 nitrogen and oxygen atoms in total. The summed E-state index contributed by atoms with van der Waals surface area (Å²) in [6.45, 7) is 3.18. The van der Waals surface area contributed by atoms with E-state index >= 15 is 0 Å². The summed E-state index contributed by atoms with van der Waals surface area (Å²) in [4.78, 5) is 5.03. The molecule has 2 aliphatic heterocycles. The fourth-order valence-electron chi connectivity index (χ4n) is 4.50. The topological polar surface area (TPSA) is 15.7 Å². The summed E-state index contributed by atoms with van der Waals surface area (Å²) in [7, 11) is 1.81. The number of hydrogen-bond acceptors (Lipinski definition) is 3. The summed E-state index contributed by atoms with van der Waals surface area (Å²) in [6, 6.07) is 7.83. The van der Waals surface area contributed by atoms with Gasteiger partial charge >= 0.3 is 0 Å². The number of rotatable bonds is 3. The smallest absolute Gasteiger partial charge is 0.125 e. The summed E-state index contributed by atoms with van der Waals surface area (Å²) in [5.74, 6) is -0.152. The average Bonchev–Trinajstić information content (AvgIpc) is 2.46. The van der Waals surface area contributed by atoms with E-state index in [4.69, 9.17) is 4.74 Å². The Morgan fingerprint density at radius 1 is 1.23 bits per heavy atom. The second-order valence-electron chi connectivity index (χ2n) is 7.04. The van der Waals surface area contributed by atoms with Crippen LogP contribution in [-0.4, -0.2) is 49.3 Å². The molecule has 0 N–H and O–H groups in total. The Morgan fingerprint density at radius 2 is 2.00 bits per heavy atom. The van der Waals surface area contributed by atoms with E-state index < -0.39 is 0 Å². The second-order valence-corrected chi connectivity index (χ2v) is 7.04. The highest BCUT2D eigenvalue weighted by Gasteiger charge is 2.55. The Balaban J connectivity index is 1.52. The highest BCUT2D eigenvalue weighted by atomic mass is 19.1. The van der Waals surface area contributed by atoms with Gasteiger partial charge in [0, 0.05) is 38.5 Å². The number of hydrogen-bond donors (Lipinski definition) is 0. The van der Waals surface area contributed by atoms with Crippen LogP contribution >= 0.6 is 0 Å². The van der Waals surface area contributed by atoms with E-state index in [9.17, 15) is 4.39 Å². The first-order chi connectivity index (χ1) is 10.7. The minimum Gasteiger partial charge on any atom is -0.377 e. The maximum Gasteiger partial charge on any atom is 0.125 e. The number of halogens is 1. The van der Waals surface area contributed by atoms with Crippen molar-refractivity contribution in [2.45, 2.75) is 49.8 Å². The van der Waals surface area contributed by atoms with Gasteiger partial charge in [-0.3, -0.25) is 0 Å². The van der Waals surface area contributed by atoms with Crippen molar-refractivity contribution in [1.29, 1.82) is 0 Å². The van der Waals surface area contributed by atoms with Gasteiger partial charge in [-0.2, -0.15) is 0 Å². The van der Waals surface area contributed by atoms with Crippen molar-refractivity contribution >= 4 is 5.69 Å². The average molecular weight is 304 g/mol. The van der Waals surface area contributed by atoms with Crippen LogP contribution in [0.25, 0.3) is 0 Å². The van der Waals surface area contributed by atoms with Gasteiger partial charge in [0.1, 0.15) is 5.82 Å². The van der Waals surface area contributed by atoms with Crippen LogP contribution < -0.4 is 4.90 Å². The van der Waals surface area contributed by atoms with Gasteiger partial charge in [-0.25, -0.2) is 4.39 Å². The van der Waals surface area contributed by atoms with Crippen LogP contribution in [0.4, 0.5) is 10.1 Å². The van der Waals surface area contributed by atoms with Crippen LogP contribution in [0.2, 0.25) is 0 Å². The van der Waals surface area contributed by atoms with Crippen LogP contribution in [0.15, 0.2) is 24.3 Å². The molecule has 1 saturated carbocycles. The Kier molecular flexibility index (Phi) is 3.61. The predicted octanol–water partition coefficient (Wildman–Crippen LogP) is 3.05. The molecule has 1 atom stereocenters. The minimum atomic E-state index is -0.152. The van der Waals surface area contributed by atoms with Gasteiger partial charge in [0.05, 0.1) is 11.6 Å². The lowest BCUT2D eigenvalue weighted by Crippen LogP contribution is -2.74. The Morgan fingerprint density at radius 3 is 2.59 bits per heavy atom. The van der Waals surface area contributed by atoms with Gasteiger partial charge in [-0.05, 0) is 43.9 Å². The van der Waals surface area contributed by atoms with E-state index in [0.29, 0.717) is 0 Å². The van der Waals surface area contributed by atoms with Crippen LogP contribution in [0, 0.1) is 5.82 Å². The summed E-state index contributed by atoms with van der Waals surface area (Å²) in [6.07, 6.45) is 6.65. The van der Waals surface area contributed by atoms with E-state index in [-0.39, 0.29) is 17.5 Å². The summed E-state index contributed by atoms with van der Waals surface area (Å²) < 4.78 is 19.3. The molecular weight excluding hydrogens is 279 g/mol. The van der Waals surface area contributed by atoms with Crippen molar-refractivity contribution < 1.29 is 9.13 Å². The van der Waals surface area contributed by atoms with Crippen molar-refractivity contribution in [2.24, 2.45) is 0 Å². The number of piperidine rings is 1. The molecule has 3 fully saturated rings. The summed E-state index contributed by atoms with van der Waals surface area (Å²) >= 11 is 0. The van der Waals surface area contributed by atoms with Crippen molar-refractivity contribution in [2.75, 3.05) is 31.6 Å². The van der Waals surface area contributed by atoms with Crippen molar-refractivity contribution in [1.82, 2.24) is 4.90 Å². The minimum absolute atomic E-state index is 0.0722. The maximum absolute atomic E-state index is 13.6. The van der Waals surface area contributed by atoms with E-state index in [1.54, 1.807) is 6.07 Å². The van der Waals surface area contributed by atoms with Crippen molar-refractivity contribution in [3.05, 3.63) is 30.1 Å². The summed E-state index contributed by atoms with van der Waals surface area (Å²) in [5.41, 5.74) is 1.08. The molecule has 0 radical (unpaired) electrons. The van der Waals surface area contributed by atoms with Gasteiger partial charge in [0.2, 0.25) is 0 Å². The zero-order valence-electron chi connectivity index (χ0n) is 13.3. The molecule has 2 saturated heterocycles. The third kappa shape index (κ3) is 2.16. The molecule has 1 aliphatic carbocycles. The largest absolute Gasteiger partial charge is 0.377 e. The Hall–Kier alpha value is -1.13. The molecule has 3 aliphatic rings. The number of anilines is 1. The molecule has 4 rings (SSSR count). The molecule has 1 aromatic rings. The summed E-state index contributed by atoms with van der Waals surface area (Å²) in [5, 5.41) is 0.